The van der Waals surface area contributed by atoms with Gasteiger partial charge in [-0.25, -0.2) is 15.0 Å². The highest BCUT2D eigenvalue weighted by atomic mass is 16.3. The lowest BCUT2D eigenvalue weighted by Crippen LogP contribution is -2.04. The molecule has 3 aromatic heterocycles. The van der Waals surface area contributed by atoms with Crippen LogP contribution >= 0.6 is 0 Å². The highest BCUT2D eigenvalue weighted by Gasteiger charge is 2.21. The van der Waals surface area contributed by atoms with Gasteiger partial charge in [0.2, 0.25) is 0 Å². The Hall–Kier alpha value is -7.63. The molecular weight excluding hydrogens is 685 g/mol. The van der Waals surface area contributed by atoms with Crippen LogP contribution in [0.15, 0.2) is 198 Å². The first-order valence-electron chi connectivity index (χ1n) is 22.1. The highest BCUT2D eigenvalue weighted by molar-refractivity contribution is 6.10. The SMILES string of the molecule is [2H]c1c([2H])c([2H])c2c(c1[2H])c1c([2H])c([2H])c([2H])c([2H])c1n2-c1cc(-c2ccc(-c3ccccc3)cc2)ccc1-c1nc(-c2ccccc2)nc(-c2ccc3c(c2)oc2ccccc23)n1. The summed E-state index contributed by atoms with van der Waals surface area (Å²) in [5.74, 6) is 0.915. The normalized spacial score (nSPS) is 13.6. The van der Waals surface area contributed by atoms with Crippen molar-refractivity contribution in [3.63, 3.8) is 0 Å². The summed E-state index contributed by atoms with van der Waals surface area (Å²) in [6.07, 6.45) is 0. The molecule has 0 aliphatic carbocycles. The zero-order valence-electron chi connectivity index (χ0n) is 37.6. The third-order valence-electron chi connectivity index (χ3n) is 10.1. The quantitative estimate of drug-likeness (QED) is 0.171. The van der Waals surface area contributed by atoms with Gasteiger partial charge in [0.1, 0.15) is 11.2 Å². The lowest BCUT2D eigenvalue weighted by molar-refractivity contribution is 0.669. The van der Waals surface area contributed by atoms with Gasteiger partial charge in [0.15, 0.2) is 17.5 Å². The van der Waals surface area contributed by atoms with Gasteiger partial charge in [0.05, 0.1) is 27.7 Å². The van der Waals surface area contributed by atoms with E-state index < -0.39 is 48.3 Å². The van der Waals surface area contributed by atoms with Crippen molar-refractivity contribution in [1.82, 2.24) is 19.5 Å². The molecule has 0 amide bonds. The number of furan rings is 1. The van der Waals surface area contributed by atoms with Gasteiger partial charge in [-0.2, -0.15) is 0 Å². The summed E-state index contributed by atoms with van der Waals surface area (Å²) >= 11 is 0. The Morgan fingerprint density at radius 2 is 0.911 bits per heavy atom. The summed E-state index contributed by atoms with van der Waals surface area (Å²) in [6, 6.07) is 43.0. The van der Waals surface area contributed by atoms with Crippen LogP contribution in [0.5, 0.6) is 0 Å². The monoisotopic (exact) mass is 724 g/mol. The summed E-state index contributed by atoms with van der Waals surface area (Å²) in [7, 11) is 0. The molecule has 0 radical (unpaired) electrons. The number of fused-ring (bicyclic) bond motifs is 6. The van der Waals surface area contributed by atoms with Crippen molar-refractivity contribution in [1.29, 1.82) is 0 Å². The van der Waals surface area contributed by atoms with E-state index in [1.165, 1.54) is 4.57 Å². The third kappa shape index (κ3) is 5.37. The van der Waals surface area contributed by atoms with Crippen molar-refractivity contribution < 1.29 is 15.4 Å². The Labute approximate surface area is 334 Å². The van der Waals surface area contributed by atoms with Crippen LogP contribution in [-0.4, -0.2) is 19.5 Å². The fourth-order valence-electron chi connectivity index (χ4n) is 7.44. The second-order valence-corrected chi connectivity index (χ2v) is 13.4. The Kier molecular flexibility index (Phi) is 5.74. The summed E-state index contributed by atoms with van der Waals surface area (Å²) in [5, 5.41) is 1.85. The predicted molar refractivity (Wildman–Crippen MR) is 229 cm³/mol. The molecule has 3 heterocycles. The minimum Gasteiger partial charge on any atom is -0.456 e. The zero-order chi connectivity index (χ0) is 44.0. The maximum atomic E-state index is 9.32. The number of hydrogen-bond acceptors (Lipinski definition) is 4. The number of benzene rings is 8. The molecule has 0 atom stereocenters. The van der Waals surface area contributed by atoms with Crippen molar-refractivity contribution in [2.24, 2.45) is 0 Å². The Morgan fingerprint density at radius 1 is 0.393 bits per heavy atom. The molecule has 5 nitrogen and oxygen atoms in total. The largest absolute Gasteiger partial charge is 0.456 e. The number of nitrogens with zero attached hydrogens (tertiary/aromatic N) is 4. The van der Waals surface area contributed by atoms with Crippen molar-refractivity contribution in [3.8, 4) is 62.1 Å². The van der Waals surface area contributed by atoms with E-state index in [9.17, 15) is 2.74 Å². The van der Waals surface area contributed by atoms with Gasteiger partial charge in [-0.1, -0.05) is 152 Å². The molecule has 0 bridgehead atoms. The smallest absolute Gasteiger partial charge is 0.166 e. The van der Waals surface area contributed by atoms with Crippen LogP contribution in [0.25, 0.3) is 106 Å². The molecule has 56 heavy (non-hydrogen) atoms. The fraction of sp³-hybridized carbons (Fsp3) is 0. The van der Waals surface area contributed by atoms with E-state index in [1.807, 2.05) is 146 Å². The molecule has 0 aliphatic heterocycles. The Bertz CT molecular complexity index is 3630. The summed E-state index contributed by atoms with van der Waals surface area (Å²) in [6.45, 7) is 0. The lowest BCUT2D eigenvalue weighted by atomic mass is 9.98. The minimum absolute atomic E-state index is 0.0151. The first-order chi connectivity index (χ1) is 31.1. The van der Waals surface area contributed by atoms with Gasteiger partial charge in [0, 0.05) is 38.2 Å². The summed E-state index contributed by atoms with van der Waals surface area (Å²) in [4.78, 5) is 15.1. The Balaban J connectivity index is 1.23. The average Bonchev–Trinajstić information content (AvgIpc) is 3.91. The van der Waals surface area contributed by atoms with Gasteiger partial charge in [-0.05, 0) is 64.7 Å². The molecule has 11 rings (SSSR count). The third-order valence-corrected chi connectivity index (χ3v) is 10.1. The number of aromatic nitrogens is 4. The summed E-state index contributed by atoms with van der Waals surface area (Å²) < 4.78 is 79.5. The molecule has 0 saturated heterocycles. The molecule has 0 unspecified atom stereocenters. The van der Waals surface area contributed by atoms with Gasteiger partial charge >= 0.3 is 0 Å². The molecule has 0 spiro atoms. The second-order valence-electron chi connectivity index (χ2n) is 13.4. The van der Waals surface area contributed by atoms with Gasteiger partial charge < -0.3 is 8.98 Å². The molecule has 0 aliphatic rings. The fourth-order valence-corrected chi connectivity index (χ4v) is 7.44. The first kappa shape index (κ1) is 24.6. The van der Waals surface area contributed by atoms with Crippen LogP contribution in [0.1, 0.15) is 11.0 Å². The topological polar surface area (TPSA) is 56.7 Å². The van der Waals surface area contributed by atoms with Crippen LogP contribution < -0.4 is 0 Å². The molecule has 0 fully saturated rings. The van der Waals surface area contributed by atoms with E-state index in [1.54, 1.807) is 0 Å². The zero-order valence-corrected chi connectivity index (χ0v) is 29.6. The predicted octanol–water partition coefficient (Wildman–Crippen LogP) is 13.2. The number of para-hydroxylation sites is 3. The summed E-state index contributed by atoms with van der Waals surface area (Å²) in [5.41, 5.74) is 7.10. The van der Waals surface area contributed by atoms with Crippen LogP contribution in [0, 0.1) is 0 Å². The van der Waals surface area contributed by atoms with E-state index in [4.69, 9.17) is 27.6 Å². The van der Waals surface area contributed by atoms with Gasteiger partial charge in [-0.3, -0.25) is 0 Å². The van der Waals surface area contributed by atoms with E-state index in [0.717, 1.165) is 38.6 Å². The number of hydrogen-bond donors (Lipinski definition) is 0. The second kappa shape index (κ2) is 13.0. The van der Waals surface area contributed by atoms with Crippen molar-refractivity contribution >= 4 is 43.7 Å². The Morgan fingerprint density at radius 3 is 1.62 bits per heavy atom. The molecule has 0 saturated carbocycles. The molecule has 11 aromatic rings. The molecule has 5 heteroatoms. The van der Waals surface area contributed by atoms with E-state index in [-0.39, 0.29) is 27.6 Å². The van der Waals surface area contributed by atoms with Gasteiger partial charge in [0.25, 0.3) is 0 Å². The van der Waals surface area contributed by atoms with Crippen molar-refractivity contribution in [3.05, 3.63) is 194 Å². The number of rotatable bonds is 6. The van der Waals surface area contributed by atoms with Crippen LogP contribution in [0.2, 0.25) is 0 Å². The average molecular weight is 725 g/mol. The maximum absolute atomic E-state index is 9.32. The molecule has 0 N–H and O–H groups in total. The van der Waals surface area contributed by atoms with Crippen LogP contribution in [0.3, 0.4) is 0 Å². The molecule has 8 aromatic carbocycles. The van der Waals surface area contributed by atoms with Crippen molar-refractivity contribution in [2.45, 2.75) is 0 Å². The first-order valence-corrected chi connectivity index (χ1v) is 18.1. The standard InChI is InChI=1S/C51H32N4O/c1-3-13-33(14-4-1)34-23-25-35(26-24-34)37-27-30-43(46(31-37)55-44-20-10-7-17-39(44)40-18-8-11-21-45(40)55)51-53-49(36-15-5-2-6-16-36)52-50(54-51)38-28-29-42-41-19-9-12-22-47(41)56-48(42)32-38/h1-32H/i7D,8D,10D,11D,17D,18D,20D,21D. The maximum Gasteiger partial charge on any atom is 0.166 e. The molecule has 262 valence electrons. The highest BCUT2D eigenvalue weighted by Crippen LogP contribution is 2.39. The molecular formula is C51H32N4O. The lowest BCUT2D eigenvalue weighted by Gasteiger charge is -2.16. The van der Waals surface area contributed by atoms with Crippen LogP contribution in [0.4, 0.5) is 0 Å². The van der Waals surface area contributed by atoms with Crippen LogP contribution in [-0.2, 0) is 0 Å². The van der Waals surface area contributed by atoms with Gasteiger partial charge in [-0.15, -0.1) is 0 Å². The van der Waals surface area contributed by atoms with E-state index in [0.29, 0.717) is 39.6 Å². The van der Waals surface area contributed by atoms with E-state index >= 15 is 0 Å². The van der Waals surface area contributed by atoms with Crippen molar-refractivity contribution in [2.75, 3.05) is 0 Å². The van der Waals surface area contributed by atoms with E-state index in [2.05, 4.69) is 0 Å². The minimum atomic E-state index is -0.521.